The summed E-state index contributed by atoms with van der Waals surface area (Å²) in [6, 6.07) is 19.6. The zero-order valence-electron chi connectivity index (χ0n) is 22.4. The van der Waals surface area contributed by atoms with Crippen LogP contribution in [0.2, 0.25) is 0 Å². The molecule has 0 spiro atoms. The molecule has 2 saturated heterocycles. The highest BCUT2D eigenvalue weighted by Gasteiger charge is 2.26. The van der Waals surface area contributed by atoms with Crippen molar-refractivity contribution in [3.8, 4) is 29.3 Å². The van der Waals surface area contributed by atoms with Gasteiger partial charge in [-0.25, -0.2) is 4.39 Å². The molecule has 0 unspecified atom stereocenters. The molecule has 2 atom stereocenters. The van der Waals surface area contributed by atoms with Gasteiger partial charge in [-0.1, -0.05) is 36.4 Å². The Balaban J connectivity index is 1.48. The first-order valence-electron chi connectivity index (χ1n) is 13.7. The van der Waals surface area contributed by atoms with Gasteiger partial charge in [0.2, 0.25) is 0 Å². The van der Waals surface area contributed by atoms with Gasteiger partial charge in [0.25, 0.3) is 0 Å². The lowest BCUT2D eigenvalue weighted by Gasteiger charge is -2.34. The maximum Gasteiger partial charge on any atom is 0.319 e. The number of likely N-dealkylation sites (N-methyl/N-ethyl adjacent to an activating group) is 1. The number of likely N-dealkylation sites (tertiary alicyclic amines) is 1. The largest absolute Gasteiger partial charge is 0.462 e. The quantitative estimate of drug-likeness (QED) is 0.382. The Labute approximate surface area is 232 Å². The van der Waals surface area contributed by atoms with Gasteiger partial charge in [0.1, 0.15) is 17.9 Å². The fourth-order valence-electron chi connectivity index (χ4n) is 5.92. The number of hydrogen-bond donors (Lipinski definition) is 1. The zero-order valence-corrected chi connectivity index (χ0v) is 22.4. The average Bonchev–Trinajstić information content (AvgIpc) is 3.40. The van der Waals surface area contributed by atoms with Crippen molar-refractivity contribution < 1.29 is 9.13 Å². The monoisotopic (exact) mass is 535 g/mol. The molecule has 2 aliphatic heterocycles. The molecule has 40 heavy (non-hydrogen) atoms. The van der Waals surface area contributed by atoms with E-state index in [2.05, 4.69) is 39.3 Å². The summed E-state index contributed by atoms with van der Waals surface area (Å²) < 4.78 is 22.6. The molecule has 1 N–H and O–H groups in total. The van der Waals surface area contributed by atoms with Crippen molar-refractivity contribution >= 4 is 27.5 Å². The van der Waals surface area contributed by atoms with Gasteiger partial charge in [0, 0.05) is 48.1 Å². The number of hydrogen-bond acceptors (Lipinski definition) is 8. The second-order valence-electron chi connectivity index (χ2n) is 10.5. The molecular weight excluding hydrogens is 505 g/mol. The van der Waals surface area contributed by atoms with Gasteiger partial charge < -0.3 is 19.9 Å². The van der Waals surface area contributed by atoms with E-state index in [0.29, 0.717) is 65.9 Å². The fraction of sp³-hybridized carbons (Fsp3) is 0.355. The lowest BCUT2D eigenvalue weighted by Crippen LogP contribution is -2.51. The van der Waals surface area contributed by atoms with Crippen LogP contribution < -0.4 is 15.0 Å². The number of nitrogens with zero attached hydrogens (tertiary/aromatic N) is 6. The summed E-state index contributed by atoms with van der Waals surface area (Å²) in [5, 5.41) is 24.6. The highest BCUT2D eigenvalue weighted by atomic mass is 19.1. The molecule has 202 valence electrons. The number of anilines is 1. The summed E-state index contributed by atoms with van der Waals surface area (Å²) in [4.78, 5) is 13.7. The maximum atomic E-state index is 16.5. The molecule has 9 heteroatoms. The van der Waals surface area contributed by atoms with E-state index in [0.717, 1.165) is 24.8 Å². The Morgan fingerprint density at radius 1 is 1.07 bits per heavy atom. The SMILES string of the molecule is CN1CCC[C@H]1COc1nc(N2CCN[C@@H](CC#N)C2)c2ccc(-c3cccc4cccc(C#N)c34)c(F)c2n1. The Morgan fingerprint density at radius 3 is 2.70 bits per heavy atom. The molecule has 4 aromatic rings. The minimum absolute atomic E-state index is 0.00974. The molecule has 0 amide bonds. The van der Waals surface area contributed by atoms with E-state index < -0.39 is 5.82 Å². The maximum absolute atomic E-state index is 16.5. The number of ether oxygens (including phenoxy) is 1. The molecular formula is C31H30FN7O. The molecule has 0 saturated carbocycles. The Morgan fingerprint density at radius 2 is 1.93 bits per heavy atom. The third kappa shape index (κ3) is 4.79. The summed E-state index contributed by atoms with van der Waals surface area (Å²) in [6.45, 7) is 3.37. The minimum Gasteiger partial charge on any atom is -0.462 e. The first kappa shape index (κ1) is 25.9. The number of benzene rings is 3. The van der Waals surface area contributed by atoms with Gasteiger partial charge in [-0.15, -0.1) is 0 Å². The number of halogens is 1. The van der Waals surface area contributed by atoms with Gasteiger partial charge >= 0.3 is 6.01 Å². The number of fused-ring (bicyclic) bond motifs is 2. The standard InChI is InChI=1S/C31H30FN7O/c1-38-15-4-8-23(38)19-40-31-36-29-26(30(37-31)39-16-14-35-22(18-39)12-13-33)11-10-25(28(29)32)24-9-3-6-20-5-2-7-21(17-34)27(20)24/h2-3,5-7,9-11,22-23,35H,4,8,12,14-16,18-19H2,1H3/t22-,23-/m0/s1. The third-order valence-corrected chi connectivity index (χ3v) is 8.05. The summed E-state index contributed by atoms with van der Waals surface area (Å²) >= 11 is 0. The lowest BCUT2D eigenvalue weighted by atomic mass is 9.94. The van der Waals surface area contributed by atoms with E-state index in [9.17, 15) is 10.5 Å². The van der Waals surface area contributed by atoms with Crippen LogP contribution in [0.3, 0.4) is 0 Å². The third-order valence-electron chi connectivity index (χ3n) is 8.05. The molecule has 2 aliphatic rings. The van der Waals surface area contributed by atoms with Crippen LogP contribution in [-0.4, -0.2) is 66.8 Å². The first-order chi connectivity index (χ1) is 19.6. The predicted molar refractivity (Wildman–Crippen MR) is 153 cm³/mol. The van der Waals surface area contributed by atoms with E-state index in [-0.39, 0.29) is 23.6 Å². The Bertz CT molecular complexity index is 1650. The van der Waals surface area contributed by atoms with E-state index in [1.165, 1.54) is 0 Å². The van der Waals surface area contributed by atoms with Gasteiger partial charge in [0.05, 0.1) is 24.1 Å². The van der Waals surface area contributed by atoms with Crippen LogP contribution in [0, 0.1) is 28.5 Å². The van der Waals surface area contributed by atoms with Crippen molar-refractivity contribution in [2.45, 2.75) is 31.3 Å². The zero-order chi connectivity index (χ0) is 27.6. The second-order valence-corrected chi connectivity index (χ2v) is 10.5. The van der Waals surface area contributed by atoms with Gasteiger partial charge in [-0.2, -0.15) is 20.5 Å². The summed E-state index contributed by atoms with van der Waals surface area (Å²) in [5.41, 5.74) is 1.68. The average molecular weight is 536 g/mol. The van der Waals surface area contributed by atoms with Crippen molar-refractivity contribution in [3.05, 3.63) is 59.9 Å². The predicted octanol–water partition coefficient (Wildman–Crippen LogP) is 4.63. The van der Waals surface area contributed by atoms with Crippen LogP contribution in [0.1, 0.15) is 24.8 Å². The van der Waals surface area contributed by atoms with E-state index in [1.807, 2.05) is 36.4 Å². The van der Waals surface area contributed by atoms with Crippen molar-refractivity contribution in [1.29, 1.82) is 10.5 Å². The van der Waals surface area contributed by atoms with Crippen LogP contribution in [0.15, 0.2) is 48.5 Å². The van der Waals surface area contributed by atoms with Crippen LogP contribution in [0.4, 0.5) is 10.2 Å². The number of rotatable bonds is 6. The van der Waals surface area contributed by atoms with E-state index >= 15 is 4.39 Å². The molecule has 3 aromatic carbocycles. The molecule has 3 heterocycles. The van der Waals surface area contributed by atoms with Crippen molar-refractivity contribution in [2.24, 2.45) is 0 Å². The molecule has 6 rings (SSSR count). The summed E-state index contributed by atoms with van der Waals surface area (Å²) in [6.07, 6.45) is 2.52. The number of aromatic nitrogens is 2. The van der Waals surface area contributed by atoms with E-state index in [4.69, 9.17) is 9.72 Å². The normalized spacial score (nSPS) is 19.6. The highest BCUT2D eigenvalue weighted by molar-refractivity contribution is 6.03. The number of piperazine rings is 1. The van der Waals surface area contributed by atoms with Gasteiger partial charge in [-0.3, -0.25) is 0 Å². The first-order valence-corrected chi connectivity index (χ1v) is 13.7. The second kappa shape index (κ2) is 11.1. The number of nitrogens with one attached hydrogen (secondary N) is 1. The molecule has 0 bridgehead atoms. The molecule has 0 aliphatic carbocycles. The molecule has 0 radical (unpaired) electrons. The van der Waals surface area contributed by atoms with Crippen LogP contribution in [0.5, 0.6) is 6.01 Å². The summed E-state index contributed by atoms with van der Waals surface area (Å²) in [7, 11) is 2.08. The summed E-state index contributed by atoms with van der Waals surface area (Å²) in [5.74, 6) is 0.123. The fourth-order valence-corrected chi connectivity index (χ4v) is 5.92. The Kier molecular flexibility index (Phi) is 7.17. The molecule has 8 nitrogen and oxygen atoms in total. The van der Waals surface area contributed by atoms with Crippen molar-refractivity contribution in [3.63, 3.8) is 0 Å². The van der Waals surface area contributed by atoms with E-state index in [1.54, 1.807) is 12.1 Å². The highest BCUT2D eigenvalue weighted by Crippen LogP contribution is 2.37. The van der Waals surface area contributed by atoms with Gasteiger partial charge in [0.15, 0.2) is 5.82 Å². The minimum atomic E-state index is -0.479. The lowest BCUT2D eigenvalue weighted by molar-refractivity contribution is 0.188. The smallest absolute Gasteiger partial charge is 0.319 e. The van der Waals surface area contributed by atoms with Crippen molar-refractivity contribution in [1.82, 2.24) is 20.2 Å². The Hall–Kier alpha value is -4.31. The van der Waals surface area contributed by atoms with Crippen LogP contribution in [-0.2, 0) is 0 Å². The molecule has 2 fully saturated rings. The van der Waals surface area contributed by atoms with Crippen LogP contribution >= 0.6 is 0 Å². The van der Waals surface area contributed by atoms with Crippen molar-refractivity contribution in [2.75, 3.05) is 44.7 Å². The van der Waals surface area contributed by atoms with Gasteiger partial charge in [-0.05, 0) is 49.5 Å². The number of nitriles is 2. The molecule has 1 aromatic heterocycles. The topological polar surface area (TPSA) is 101 Å². The van der Waals surface area contributed by atoms with Crippen LogP contribution in [0.25, 0.3) is 32.8 Å².